The first-order valence-electron chi connectivity index (χ1n) is 6.72. The maximum Gasteiger partial charge on any atom is 0.0727 e. The normalized spacial score (nSPS) is 20.0. The van der Waals surface area contributed by atoms with E-state index in [0.717, 1.165) is 24.5 Å². The lowest BCUT2D eigenvalue weighted by atomic mass is 10.1. The van der Waals surface area contributed by atoms with Gasteiger partial charge in [0.2, 0.25) is 0 Å². The Hall–Kier alpha value is -1.75. The van der Waals surface area contributed by atoms with Crippen molar-refractivity contribution in [2.75, 3.05) is 6.54 Å². The monoisotopic (exact) mass is 257 g/mol. The molecule has 2 aromatic heterocycles. The summed E-state index contributed by atoms with van der Waals surface area (Å²) in [6.45, 7) is 3.95. The fourth-order valence-electron chi connectivity index (χ4n) is 2.71. The van der Waals surface area contributed by atoms with E-state index in [1.807, 2.05) is 37.2 Å². The first-order valence-corrected chi connectivity index (χ1v) is 6.72. The van der Waals surface area contributed by atoms with Gasteiger partial charge < -0.3 is 0 Å². The van der Waals surface area contributed by atoms with Crippen LogP contribution in [0.5, 0.6) is 0 Å². The van der Waals surface area contributed by atoms with Crippen molar-refractivity contribution < 1.29 is 0 Å². The van der Waals surface area contributed by atoms with Crippen LogP contribution in [-0.4, -0.2) is 31.2 Å². The molecular formula is C14H19N5. The summed E-state index contributed by atoms with van der Waals surface area (Å²) in [5.74, 6) is 0. The summed E-state index contributed by atoms with van der Waals surface area (Å²) >= 11 is 0. The van der Waals surface area contributed by atoms with Crippen LogP contribution in [0.4, 0.5) is 0 Å². The van der Waals surface area contributed by atoms with E-state index in [-0.39, 0.29) is 0 Å². The van der Waals surface area contributed by atoms with Crippen molar-refractivity contribution in [2.24, 2.45) is 7.05 Å². The lowest BCUT2D eigenvalue weighted by Crippen LogP contribution is -2.23. The van der Waals surface area contributed by atoms with Gasteiger partial charge in [0.1, 0.15) is 0 Å². The molecule has 1 saturated heterocycles. The molecule has 0 unspecified atom stereocenters. The minimum Gasteiger partial charge on any atom is -0.290 e. The predicted octanol–water partition coefficient (Wildman–Crippen LogP) is 1.86. The maximum absolute atomic E-state index is 4.45. The third-order valence-corrected chi connectivity index (χ3v) is 3.67. The molecule has 5 heteroatoms. The second kappa shape index (κ2) is 5.09. The molecule has 1 aliphatic heterocycles. The molecule has 0 aromatic carbocycles. The number of hydrogen-bond donors (Lipinski definition) is 0. The van der Waals surface area contributed by atoms with E-state index >= 15 is 0 Å². The Morgan fingerprint density at radius 2 is 2.16 bits per heavy atom. The number of hydrogen-bond acceptors (Lipinski definition) is 4. The molecule has 1 fully saturated rings. The van der Waals surface area contributed by atoms with E-state index in [1.165, 1.54) is 18.4 Å². The van der Waals surface area contributed by atoms with Gasteiger partial charge in [0.05, 0.1) is 17.6 Å². The summed E-state index contributed by atoms with van der Waals surface area (Å²) in [5.41, 5.74) is 3.32. The van der Waals surface area contributed by atoms with E-state index in [9.17, 15) is 0 Å². The van der Waals surface area contributed by atoms with Gasteiger partial charge in [-0.1, -0.05) is 0 Å². The van der Waals surface area contributed by atoms with Gasteiger partial charge in [0.25, 0.3) is 0 Å². The van der Waals surface area contributed by atoms with Crippen LogP contribution >= 0.6 is 0 Å². The zero-order valence-electron chi connectivity index (χ0n) is 11.5. The van der Waals surface area contributed by atoms with E-state index in [0.29, 0.717) is 6.04 Å². The Morgan fingerprint density at radius 1 is 1.26 bits per heavy atom. The minimum absolute atomic E-state index is 0.469. The molecule has 1 aliphatic rings. The summed E-state index contributed by atoms with van der Waals surface area (Å²) in [6.07, 6.45) is 10.2. The molecule has 1 atom stereocenters. The highest BCUT2D eigenvalue weighted by atomic mass is 15.3. The van der Waals surface area contributed by atoms with Gasteiger partial charge in [-0.25, -0.2) is 0 Å². The van der Waals surface area contributed by atoms with Crippen LogP contribution in [0.25, 0.3) is 0 Å². The molecule has 0 aliphatic carbocycles. The zero-order chi connectivity index (χ0) is 13.2. The molecule has 100 valence electrons. The van der Waals surface area contributed by atoms with Crippen LogP contribution in [0, 0.1) is 6.92 Å². The molecule has 0 radical (unpaired) electrons. The van der Waals surface area contributed by atoms with Crippen LogP contribution in [-0.2, 0) is 13.6 Å². The summed E-state index contributed by atoms with van der Waals surface area (Å²) in [4.78, 5) is 11.2. The van der Waals surface area contributed by atoms with Crippen molar-refractivity contribution in [1.29, 1.82) is 0 Å². The third-order valence-electron chi connectivity index (χ3n) is 3.67. The summed E-state index contributed by atoms with van der Waals surface area (Å²) in [5, 5.41) is 4.28. The first-order chi connectivity index (χ1) is 9.22. The van der Waals surface area contributed by atoms with Crippen LogP contribution in [0.15, 0.2) is 24.8 Å². The number of nitrogens with zero attached hydrogens (tertiary/aromatic N) is 5. The van der Waals surface area contributed by atoms with Crippen molar-refractivity contribution in [3.63, 3.8) is 0 Å². The lowest BCUT2D eigenvalue weighted by molar-refractivity contribution is 0.245. The Morgan fingerprint density at radius 3 is 2.84 bits per heavy atom. The summed E-state index contributed by atoms with van der Waals surface area (Å²) in [7, 11) is 1.97. The molecule has 0 N–H and O–H groups in total. The fourth-order valence-corrected chi connectivity index (χ4v) is 2.71. The van der Waals surface area contributed by atoms with Crippen molar-refractivity contribution in [1.82, 2.24) is 24.6 Å². The van der Waals surface area contributed by atoms with Crippen molar-refractivity contribution in [2.45, 2.75) is 32.4 Å². The van der Waals surface area contributed by atoms with E-state index in [1.54, 1.807) is 0 Å². The molecule has 0 spiro atoms. The van der Waals surface area contributed by atoms with Gasteiger partial charge in [-0.05, 0) is 26.3 Å². The molecule has 2 aromatic rings. The van der Waals surface area contributed by atoms with Crippen LogP contribution in [0.2, 0.25) is 0 Å². The quantitative estimate of drug-likeness (QED) is 0.842. The Bertz CT molecular complexity index is 545. The van der Waals surface area contributed by atoms with E-state index in [2.05, 4.69) is 26.2 Å². The van der Waals surface area contributed by atoms with Gasteiger partial charge in [-0.2, -0.15) is 5.10 Å². The molecule has 5 nitrogen and oxygen atoms in total. The van der Waals surface area contributed by atoms with Gasteiger partial charge in [-0.15, -0.1) is 0 Å². The van der Waals surface area contributed by atoms with E-state index < -0.39 is 0 Å². The van der Waals surface area contributed by atoms with Crippen LogP contribution < -0.4 is 0 Å². The average Bonchev–Trinajstić information content (AvgIpc) is 3.01. The number of likely N-dealkylation sites (tertiary alicyclic amines) is 1. The molecule has 0 saturated carbocycles. The van der Waals surface area contributed by atoms with E-state index in [4.69, 9.17) is 0 Å². The minimum atomic E-state index is 0.469. The topological polar surface area (TPSA) is 46.8 Å². The van der Waals surface area contributed by atoms with Gasteiger partial charge in [-0.3, -0.25) is 19.5 Å². The second-order valence-corrected chi connectivity index (χ2v) is 5.22. The smallest absolute Gasteiger partial charge is 0.0727 e. The second-order valence-electron chi connectivity index (χ2n) is 5.22. The van der Waals surface area contributed by atoms with Crippen molar-refractivity contribution in [3.05, 3.63) is 41.7 Å². The highest BCUT2D eigenvalue weighted by Gasteiger charge is 2.27. The maximum atomic E-state index is 4.45. The molecule has 0 bridgehead atoms. The lowest BCUT2D eigenvalue weighted by Gasteiger charge is -2.22. The Kier molecular flexibility index (Phi) is 3.29. The Labute approximate surface area is 113 Å². The van der Waals surface area contributed by atoms with Gasteiger partial charge in [0.15, 0.2) is 0 Å². The third kappa shape index (κ3) is 2.66. The van der Waals surface area contributed by atoms with Gasteiger partial charge in [0, 0.05) is 43.8 Å². The fraction of sp³-hybridized carbons (Fsp3) is 0.500. The standard InChI is InChI=1S/C14H19N5/c1-11-6-16-13(8-15-11)10-19-5-3-4-14(19)12-7-17-18(2)9-12/h6-9,14H,3-5,10H2,1-2H3/t14-/m1/s1. The average molecular weight is 257 g/mol. The van der Waals surface area contributed by atoms with Crippen molar-refractivity contribution in [3.8, 4) is 0 Å². The molecule has 0 amide bonds. The molecular weight excluding hydrogens is 238 g/mol. The number of rotatable bonds is 3. The highest BCUT2D eigenvalue weighted by molar-refractivity contribution is 5.13. The molecule has 3 heterocycles. The Balaban J connectivity index is 1.74. The largest absolute Gasteiger partial charge is 0.290 e. The van der Waals surface area contributed by atoms with Crippen LogP contribution in [0.3, 0.4) is 0 Å². The molecule has 3 rings (SSSR count). The summed E-state index contributed by atoms with van der Waals surface area (Å²) in [6, 6.07) is 0.469. The van der Waals surface area contributed by atoms with Crippen LogP contribution in [0.1, 0.15) is 35.8 Å². The zero-order valence-corrected chi connectivity index (χ0v) is 11.5. The van der Waals surface area contributed by atoms with Crippen molar-refractivity contribution >= 4 is 0 Å². The predicted molar refractivity (Wildman–Crippen MR) is 72.4 cm³/mol. The first kappa shape index (κ1) is 12.3. The number of aryl methyl sites for hydroxylation is 2. The van der Waals surface area contributed by atoms with Gasteiger partial charge >= 0.3 is 0 Å². The molecule has 19 heavy (non-hydrogen) atoms. The highest BCUT2D eigenvalue weighted by Crippen LogP contribution is 2.32. The summed E-state index contributed by atoms with van der Waals surface area (Å²) < 4.78 is 1.87. The number of aromatic nitrogens is 4. The SMILES string of the molecule is Cc1cnc(CN2CCC[C@@H]2c2cnn(C)c2)cn1.